The molecule has 1 N–H and O–H groups in total. The van der Waals surface area contributed by atoms with Crippen LogP contribution in [0.3, 0.4) is 0 Å². The smallest absolute Gasteiger partial charge is 0.331 e. The molecule has 0 amide bonds. The zero-order valence-corrected chi connectivity index (χ0v) is 15.8. The van der Waals surface area contributed by atoms with Gasteiger partial charge < -0.3 is 24.1 Å². The minimum atomic E-state index is -0.694. The highest BCUT2D eigenvalue weighted by Gasteiger charge is 2.38. The Hall–Kier alpha value is -1.51. The monoisotopic (exact) mass is 379 g/mol. The van der Waals surface area contributed by atoms with Crippen molar-refractivity contribution in [1.82, 2.24) is 4.90 Å². The Morgan fingerprint density at radius 1 is 1.26 bits per heavy atom. The first-order valence-corrected chi connectivity index (χ1v) is 9.60. The Balaban J connectivity index is 1.43. The summed E-state index contributed by atoms with van der Waals surface area (Å²) in [7, 11) is 0. The van der Waals surface area contributed by atoms with Crippen LogP contribution in [0.2, 0.25) is 0 Å². The zero-order chi connectivity index (χ0) is 19.1. The van der Waals surface area contributed by atoms with E-state index in [0.717, 1.165) is 18.4 Å². The van der Waals surface area contributed by atoms with Gasteiger partial charge >= 0.3 is 5.97 Å². The summed E-state index contributed by atoms with van der Waals surface area (Å²) in [4.78, 5) is 13.9. The molecule has 0 aromatic rings. The summed E-state index contributed by atoms with van der Waals surface area (Å²) in [6.07, 6.45) is 9.90. The number of rotatable bonds is 6. The van der Waals surface area contributed by atoms with Crippen molar-refractivity contribution in [3.05, 3.63) is 36.0 Å². The van der Waals surface area contributed by atoms with E-state index in [-0.39, 0.29) is 0 Å². The van der Waals surface area contributed by atoms with Crippen LogP contribution in [-0.4, -0.2) is 73.6 Å². The number of allylic oxidation sites excluding steroid dienone is 2. The van der Waals surface area contributed by atoms with Crippen molar-refractivity contribution in [2.45, 2.75) is 44.3 Å². The Kier molecular flexibility index (Phi) is 7.20. The molecule has 1 unspecified atom stereocenters. The van der Waals surface area contributed by atoms with Crippen LogP contribution in [0.4, 0.5) is 0 Å². The first-order valence-electron chi connectivity index (χ1n) is 9.60. The molecule has 2 fully saturated rings. The minimum absolute atomic E-state index is 0.415. The Bertz CT molecular complexity index is 587. The molecule has 2 aliphatic heterocycles. The molecule has 2 atom stereocenters. The third-order valence-electron chi connectivity index (χ3n) is 4.93. The first-order chi connectivity index (χ1) is 13.1. The first kappa shape index (κ1) is 20.2. The average Bonchev–Trinajstić information content (AvgIpc) is 3.12. The summed E-state index contributed by atoms with van der Waals surface area (Å²) in [6, 6.07) is 0. The van der Waals surface area contributed by atoms with Gasteiger partial charge in [-0.1, -0.05) is 12.2 Å². The van der Waals surface area contributed by atoms with Gasteiger partial charge in [-0.2, -0.15) is 0 Å². The van der Waals surface area contributed by atoms with E-state index in [4.69, 9.17) is 18.9 Å². The molecular weight excluding hydrogens is 350 g/mol. The van der Waals surface area contributed by atoms with E-state index >= 15 is 0 Å². The number of hydrogen-bond acceptors (Lipinski definition) is 7. The lowest BCUT2D eigenvalue weighted by Crippen LogP contribution is -2.42. The van der Waals surface area contributed by atoms with Crippen LogP contribution in [0.15, 0.2) is 36.0 Å². The molecule has 0 aromatic carbocycles. The largest absolute Gasteiger partial charge is 0.455 e. The number of aliphatic hydroxyl groups is 1. The summed E-state index contributed by atoms with van der Waals surface area (Å²) in [5, 5.41) is 10.1. The van der Waals surface area contributed by atoms with Crippen LogP contribution in [0.25, 0.3) is 0 Å². The fourth-order valence-electron chi connectivity index (χ4n) is 3.48. The predicted molar refractivity (Wildman–Crippen MR) is 98.8 cm³/mol. The molecule has 0 bridgehead atoms. The molecule has 1 spiro atoms. The van der Waals surface area contributed by atoms with Gasteiger partial charge in [0.05, 0.1) is 26.4 Å². The third-order valence-corrected chi connectivity index (χ3v) is 4.93. The molecule has 1 aliphatic carbocycles. The minimum Gasteiger partial charge on any atom is -0.455 e. The quantitative estimate of drug-likeness (QED) is 0.426. The molecule has 27 heavy (non-hydrogen) atoms. The number of ether oxygens (including phenoxy) is 4. The molecule has 150 valence electrons. The molecule has 7 heteroatoms. The van der Waals surface area contributed by atoms with Gasteiger partial charge in [0.1, 0.15) is 12.3 Å². The van der Waals surface area contributed by atoms with Crippen molar-refractivity contribution in [1.29, 1.82) is 0 Å². The predicted octanol–water partition coefficient (Wildman–Crippen LogP) is 1.53. The van der Waals surface area contributed by atoms with Gasteiger partial charge in [-0.25, -0.2) is 4.79 Å². The molecule has 0 radical (unpaired) electrons. The summed E-state index contributed by atoms with van der Waals surface area (Å²) in [6.45, 7) is 5.63. The zero-order valence-electron chi connectivity index (χ0n) is 15.8. The standard InChI is InChI=1S/C20H29NO6/c1-16(4-6-18(22)21-9-11-24-12-10-21)27-19(23)7-5-17-3-2-8-20(15-17)25-13-14-26-20/h3-7,16,18,22H,2,8-15H2,1H3/b6-4-,7-5+/t16-,18?/m1/s1. The van der Waals surface area contributed by atoms with E-state index in [9.17, 15) is 9.90 Å². The lowest BCUT2D eigenvalue weighted by Gasteiger charge is -2.30. The summed E-state index contributed by atoms with van der Waals surface area (Å²) in [5.74, 6) is -0.925. The summed E-state index contributed by atoms with van der Waals surface area (Å²) >= 11 is 0. The van der Waals surface area contributed by atoms with E-state index < -0.39 is 24.1 Å². The van der Waals surface area contributed by atoms with Crippen molar-refractivity contribution in [2.24, 2.45) is 0 Å². The molecule has 3 rings (SSSR count). The Morgan fingerprint density at radius 2 is 2.00 bits per heavy atom. The van der Waals surface area contributed by atoms with E-state index in [2.05, 4.69) is 6.08 Å². The third kappa shape index (κ3) is 5.99. The van der Waals surface area contributed by atoms with Crippen molar-refractivity contribution in [3.63, 3.8) is 0 Å². The van der Waals surface area contributed by atoms with Gasteiger partial charge in [0, 0.05) is 32.0 Å². The van der Waals surface area contributed by atoms with Gasteiger partial charge in [-0.05, 0) is 31.1 Å². The normalized spacial score (nSPS) is 25.8. The highest BCUT2D eigenvalue weighted by molar-refractivity contribution is 5.82. The van der Waals surface area contributed by atoms with Crippen molar-refractivity contribution in [2.75, 3.05) is 39.5 Å². The van der Waals surface area contributed by atoms with E-state index in [1.54, 1.807) is 25.2 Å². The number of hydrogen-bond donors (Lipinski definition) is 1. The molecule has 7 nitrogen and oxygen atoms in total. The molecule has 2 heterocycles. The maximum absolute atomic E-state index is 12.0. The molecule has 0 aromatic heterocycles. The van der Waals surface area contributed by atoms with Crippen LogP contribution in [-0.2, 0) is 23.7 Å². The van der Waals surface area contributed by atoms with Crippen molar-refractivity contribution < 1.29 is 28.8 Å². The molecule has 3 aliphatic rings. The average molecular weight is 379 g/mol. The number of esters is 1. The second-order valence-electron chi connectivity index (χ2n) is 7.02. The highest BCUT2D eigenvalue weighted by atomic mass is 16.7. The second-order valence-corrected chi connectivity index (χ2v) is 7.02. The maximum atomic E-state index is 12.0. The topological polar surface area (TPSA) is 77.5 Å². The molecule has 0 saturated carbocycles. The number of morpholine rings is 1. The second kappa shape index (κ2) is 9.61. The van der Waals surface area contributed by atoms with E-state index in [1.165, 1.54) is 6.08 Å². The summed E-state index contributed by atoms with van der Waals surface area (Å²) in [5.41, 5.74) is 1.02. The number of aliphatic hydroxyl groups excluding tert-OH is 1. The van der Waals surface area contributed by atoms with Gasteiger partial charge in [-0.3, -0.25) is 4.90 Å². The highest BCUT2D eigenvalue weighted by Crippen LogP contribution is 2.36. The number of carbonyl (C=O) groups is 1. The number of carbonyl (C=O) groups excluding carboxylic acids is 1. The SMILES string of the molecule is C[C@H](/C=C\C(O)N1CCOCC1)OC(=O)/C=C/C1=CCCC2(C1)OCCO2. The molecular formula is C20H29NO6. The van der Waals surface area contributed by atoms with Gasteiger partial charge in [0.15, 0.2) is 5.79 Å². The van der Waals surface area contributed by atoms with Gasteiger partial charge in [-0.15, -0.1) is 0 Å². The van der Waals surface area contributed by atoms with Crippen LogP contribution in [0.1, 0.15) is 26.2 Å². The van der Waals surface area contributed by atoms with Crippen LogP contribution in [0, 0.1) is 0 Å². The van der Waals surface area contributed by atoms with Crippen molar-refractivity contribution in [3.8, 4) is 0 Å². The lowest BCUT2D eigenvalue weighted by atomic mass is 9.93. The number of nitrogens with zero attached hydrogens (tertiary/aromatic N) is 1. The van der Waals surface area contributed by atoms with Crippen LogP contribution in [0.5, 0.6) is 0 Å². The van der Waals surface area contributed by atoms with Crippen LogP contribution >= 0.6 is 0 Å². The van der Waals surface area contributed by atoms with E-state index in [0.29, 0.717) is 45.9 Å². The van der Waals surface area contributed by atoms with Gasteiger partial charge in [0.25, 0.3) is 0 Å². The van der Waals surface area contributed by atoms with Gasteiger partial charge in [0.2, 0.25) is 0 Å². The summed E-state index contributed by atoms with van der Waals surface area (Å²) < 4.78 is 22.1. The maximum Gasteiger partial charge on any atom is 0.331 e. The fourth-order valence-corrected chi connectivity index (χ4v) is 3.48. The van der Waals surface area contributed by atoms with E-state index in [1.807, 2.05) is 4.90 Å². The Labute approximate surface area is 160 Å². The van der Waals surface area contributed by atoms with Crippen molar-refractivity contribution >= 4 is 5.97 Å². The molecule has 2 saturated heterocycles. The Morgan fingerprint density at radius 3 is 2.74 bits per heavy atom. The lowest BCUT2D eigenvalue weighted by molar-refractivity contribution is -0.162. The van der Waals surface area contributed by atoms with Crippen LogP contribution < -0.4 is 0 Å². The fraction of sp³-hybridized carbons (Fsp3) is 0.650.